The van der Waals surface area contributed by atoms with E-state index in [0.29, 0.717) is 24.1 Å². The quantitative estimate of drug-likeness (QED) is 0.568. The van der Waals surface area contributed by atoms with E-state index in [-0.39, 0.29) is 21.6 Å². The lowest BCUT2D eigenvalue weighted by Gasteiger charge is -2.19. The lowest BCUT2D eigenvalue weighted by atomic mass is 10.1. The summed E-state index contributed by atoms with van der Waals surface area (Å²) in [5.41, 5.74) is 7.72. The first kappa shape index (κ1) is 17.5. The van der Waals surface area contributed by atoms with Gasteiger partial charge in [0.1, 0.15) is 11.9 Å². The van der Waals surface area contributed by atoms with Gasteiger partial charge in [0.05, 0.1) is 17.3 Å². The molecule has 3 heterocycles. The molecule has 1 unspecified atom stereocenters. The van der Waals surface area contributed by atoms with Crippen molar-refractivity contribution in [2.75, 3.05) is 18.8 Å². The number of rotatable bonds is 5. The van der Waals surface area contributed by atoms with E-state index >= 15 is 0 Å². The molecule has 0 radical (unpaired) electrons. The van der Waals surface area contributed by atoms with Crippen LogP contribution in [0, 0.1) is 5.82 Å². The maximum Gasteiger partial charge on any atom is 0.166 e. The van der Waals surface area contributed by atoms with Crippen molar-refractivity contribution in [3.05, 3.63) is 58.2 Å². The van der Waals surface area contributed by atoms with Gasteiger partial charge in [-0.1, -0.05) is 23.2 Å². The fraction of sp³-hybridized carbons (Fsp3) is 0.300. The summed E-state index contributed by atoms with van der Waals surface area (Å²) in [7, 11) is 0. The molecule has 1 aromatic carbocycles. The summed E-state index contributed by atoms with van der Waals surface area (Å²) < 4.78 is 37.6. The number of nitrogens with zero attached hydrogens (tertiary/aromatic N) is 3. The number of halogens is 3. The molecule has 9 heteroatoms. The van der Waals surface area contributed by atoms with Crippen LogP contribution in [-0.4, -0.2) is 27.8 Å². The van der Waals surface area contributed by atoms with E-state index in [1.807, 2.05) is 0 Å². The molecule has 1 fully saturated rings. The van der Waals surface area contributed by atoms with Crippen molar-refractivity contribution in [2.24, 2.45) is 0 Å². The third-order valence-electron chi connectivity index (χ3n) is 4.74. The van der Waals surface area contributed by atoms with E-state index in [0.717, 1.165) is 5.56 Å². The Morgan fingerprint density at radius 1 is 1.38 bits per heavy atom. The summed E-state index contributed by atoms with van der Waals surface area (Å²) in [6.07, 6.45) is 4.92. The fourth-order valence-corrected chi connectivity index (χ4v) is 3.88. The second kappa shape index (κ2) is 8.18. The molecule has 3 N–H and O–H groups in total. The Morgan fingerprint density at radius 3 is 2.97 bits per heavy atom. The predicted octanol–water partition coefficient (Wildman–Crippen LogP) is 4.65. The number of hydrogen-bond acceptors (Lipinski definition) is 5. The molecule has 2 aromatic heterocycles. The Balaban J connectivity index is 1.61. The minimum atomic E-state index is -1.53. The normalized spacial score (nSPS) is 20.2. The average Bonchev–Trinajstić information content (AvgIpc) is 3.32. The van der Waals surface area contributed by atoms with Gasteiger partial charge in [0.25, 0.3) is 0 Å². The molecule has 6 nitrogen and oxygen atoms in total. The van der Waals surface area contributed by atoms with Gasteiger partial charge in [-0.25, -0.2) is 9.37 Å². The molecule has 1 aliphatic rings. The monoisotopic (exact) mass is 437 g/mol. The molecule has 3 aromatic rings. The zero-order chi connectivity index (χ0) is 22.3. The zero-order valence-electron chi connectivity index (χ0n) is 17.5. The van der Waals surface area contributed by atoms with Crippen LogP contribution in [0.2, 0.25) is 10.0 Å². The Hall–Kier alpha value is -2.35. The standard InChI is InChI=1S/C20H20Cl2FN5O/c1-11(18-15(21)2-3-16(23)19(18)22)29-17-6-12(7-26-20(17)24)13-8-27-28(10-13)14-4-5-25-9-14/h2-3,6-8,10-11,14,25H,4-5,9H2,1H3,(H2,24,26)/t11-,14?/m1/s1/i9D2. The van der Waals surface area contributed by atoms with Crippen molar-refractivity contribution in [1.82, 2.24) is 20.1 Å². The molecule has 1 aliphatic heterocycles. The number of anilines is 1. The number of nitrogen functional groups attached to an aromatic ring is 1. The SMILES string of the molecule is [2H]C1([2H])NCCC1n1cc(-c2cnc(N)c(O[C@H](C)c3c(Cl)ccc(F)c3Cl)c2)cn1. The van der Waals surface area contributed by atoms with Gasteiger partial charge in [-0.3, -0.25) is 4.68 Å². The molecule has 1 saturated heterocycles. The molecule has 0 amide bonds. The highest BCUT2D eigenvalue weighted by Crippen LogP contribution is 2.37. The maximum atomic E-state index is 13.9. The molecule has 4 rings (SSSR count). The predicted molar refractivity (Wildman–Crippen MR) is 112 cm³/mol. The van der Waals surface area contributed by atoms with Crippen LogP contribution in [0.4, 0.5) is 10.2 Å². The number of aromatic nitrogens is 3. The summed E-state index contributed by atoms with van der Waals surface area (Å²) in [4.78, 5) is 4.19. The Kier molecular flexibility index (Phi) is 4.94. The van der Waals surface area contributed by atoms with E-state index in [1.54, 1.807) is 36.3 Å². The third kappa shape index (κ3) is 4.03. The molecular formula is C20H20Cl2FN5O. The molecule has 0 saturated carbocycles. The summed E-state index contributed by atoms with van der Waals surface area (Å²) in [6, 6.07) is 3.90. The van der Waals surface area contributed by atoms with E-state index in [9.17, 15) is 4.39 Å². The molecule has 29 heavy (non-hydrogen) atoms. The summed E-state index contributed by atoms with van der Waals surface area (Å²) in [6.45, 7) is 0.735. The lowest BCUT2D eigenvalue weighted by molar-refractivity contribution is 0.227. The van der Waals surface area contributed by atoms with Gasteiger partial charge in [-0.2, -0.15) is 5.10 Å². The van der Waals surface area contributed by atoms with E-state index in [2.05, 4.69) is 15.4 Å². The van der Waals surface area contributed by atoms with Crippen molar-refractivity contribution >= 4 is 29.0 Å². The van der Waals surface area contributed by atoms with Crippen LogP contribution in [-0.2, 0) is 0 Å². The van der Waals surface area contributed by atoms with Gasteiger partial charge in [-0.15, -0.1) is 0 Å². The highest BCUT2D eigenvalue weighted by molar-refractivity contribution is 6.36. The van der Waals surface area contributed by atoms with Crippen molar-refractivity contribution in [1.29, 1.82) is 0 Å². The smallest absolute Gasteiger partial charge is 0.166 e. The minimum Gasteiger partial charge on any atom is -0.482 e. The van der Waals surface area contributed by atoms with Crippen LogP contribution in [0.3, 0.4) is 0 Å². The van der Waals surface area contributed by atoms with Crippen LogP contribution in [0.25, 0.3) is 11.1 Å². The van der Waals surface area contributed by atoms with Crippen molar-refractivity contribution in [3.63, 3.8) is 0 Å². The van der Waals surface area contributed by atoms with Gasteiger partial charge in [-0.05, 0) is 38.1 Å². The van der Waals surface area contributed by atoms with Gasteiger partial charge < -0.3 is 15.8 Å². The van der Waals surface area contributed by atoms with Crippen molar-refractivity contribution in [2.45, 2.75) is 25.5 Å². The fourth-order valence-electron chi connectivity index (χ4n) is 3.20. The van der Waals surface area contributed by atoms with Crippen molar-refractivity contribution < 1.29 is 11.9 Å². The van der Waals surface area contributed by atoms with Gasteiger partial charge in [0.2, 0.25) is 0 Å². The third-order valence-corrected chi connectivity index (χ3v) is 5.45. The van der Waals surface area contributed by atoms with Gasteiger partial charge in [0.15, 0.2) is 11.6 Å². The van der Waals surface area contributed by atoms with Crippen LogP contribution in [0.1, 0.15) is 33.8 Å². The number of pyridine rings is 1. The Bertz CT molecular complexity index is 1130. The summed E-state index contributed by atoms with van der Waals surface area (Å²) in [5, 5.41) is 7.33. The molecule has 152 valence electrons. The van der Waals surface area contributed by atoms with Crippen LogP contribution >= 0.6 is 23.2 Å². The first-order chi connectivity index (χ1) is 14.7. The van der Waals surface area contributed by atoms with E-state index in [1.165, 1.54) is 12.1 Å². The number of benzene rings is 1. The molecule has 0 spiro atoms. The summed E-state index contributed by atoms with van der Waals surface area (Å²) >= 11 is 12.3. The Morgan fingerprint density at radius 2 is 2.21 bits per heavy atom. The molecule has 2 atom stereocenters. The zero-order valence-corrected chi connectivity index (χ0v) is 17.0. The largest absolute Gasteiger partial charge is 0.482 e. The van der Waals surface area contributed by atoms with Gasteiger partial charge >= 0.3 is 0 Å². The number of ether oxygens (including phenoxy) is 1. The van der Waals surface area contributed by atoms with E-state index in [4.69, 9.17) is 36.4 Å². The summed E-state index contributed by atoms with van der Waals surface area (Å²) in [5.74, 6) is -0.153. The Labute approximate surface area is 180 Å². The maximum absolute atomic E-state index is 13.9. The number of nitrogens with one attached hydrogen (secondary N) is 1. The number of hydrogen-bond donors (Lipinski definition) is 2. The average molecular weight is 438 g/mol. The van der Waals surface area contributed by atoms with E-state index < -0.39 is 24.5 Å². The molecule has 0 aliphatic carbocycles. The lowest BCUT2D eigenvalue weighted by Crippen LogP contribution is -2.13. The first-order valence-electron chi connectivity index (χ1n) is 10.0. The van der Waals surface area contributed by atoms with Crippen LogP contribution in [0.5, 0.6) is 5.75 Å². The number of nitrogens with two attached hydrogens (primary N) is 1. The topological polar surface area (TPSA) is 78.0 Å². The molecule has 0 bridgehead atoms. The van der Waals surface area contributed by atoms with Crippen LogP contribution in [0.15, 0.2) is 36.8 Å². The van der Waals surface area contributed by atoms with Gasteiger partial charge in [0, 0.05) is 43.3 Å². The minimum absolute atomic E-state index is 0.108. The highest BCUT2D eigenvalue weighted by atomic mass is 35.5. The van der Waals surface area contributed by atoms with Crippen LogP contribution < -0.4 is 15.8 Å². The highest BCUT2D eigenvalue weighted by Gasteiger charge is 2.21. The second-order valence-corrected chi connectivity index (χ2v) is 7.49. The molecular weight excluding hydrogens is 416 g/mol. The second-order valence-electron chi connectivity index (χ2n) is 6.71. The van der Waals surface area contributed by atoms with Crippen molar-refractivity contribution in [3.8, 4) is 16.9 Å². The first-order valence-corrected chi connectivity index (χ1v) is 9.78.